The Kier molecular flexibility index (Phi) is 7.23. The molecule has 1 atom stereocenters. The predicted octanol–water partition coefficient (Wildman–Crippen LogP) is 3.56. The van der Waals surface area contributed by atoms with E-state index in [1.54, 1.807) is 26.8 Å². The maximum absolute atomic E-state index is 12.8. The summed E-state index contributed by atoms with van der Waals surface area (Å²) in [4.78, 5) is 29.0. The molecule has 0 saturated carbocycles. The summed E-state index contributed by atoms with van der Waals surface area (Å²) < 4.78 is 10.2. The number of nitrogens with zero attached hydrogens (tertiary/aromatic N) is 1. The molecule has 152 valence electrons. The van der Waals surface area contributed by atoms with Crippen molar-refractivity contribution in [2.75, 3.05) is 20.3 Å². The minimum absolute atomic E-state index is 0.102. The first kappa shape index (κ1) is 21.5. The molecule has 0 spiro atoms. The number of aromatic amines is 1. The van der Waals surface area contributed by atoms with E-state index in [2.05, 4.69) is 9.72 Å². The number of esters is 1. The number of hydrogen-bond acceptors (Lipinski definition) is 5. The molecule has 7 nitrogen and oxygen atoms in total. The minimum atomic E-state index is -0.669. The van der Waals surface area contributed by atoms with E-state index in [1.165, 1.54) is 18.1 Å². The van der Waals surface area contributed by atoms with Crippen LogP contribution in [-0.4, -0.2) is 52.9 Å². The number of carbonyl (C=O) groups excluding carboxylic acids is 2. The molecule has 0 radical (unpaired) electrons. The second-order valence-electron chi connectivity index (χ2n) is 7.36. The van der Waals surface area contributed by atoms with Gasteiger partial charge in [-0.25, -0.2) is 9.59 Å². The maximum atomic E-state index is 12.8. The van der Waals surface area contributed by atoms with Gasteiger partial charge in [-0.05, 0) is 33.3 Å². The van der Waals surface area contributed by atoms with Crippen molar-refractivity contribution in [2.45, 2.75) is 38.8 Å². The van der Waals surface area contributed by atoms with Gasteiger partial charge >= 0.3 is 12.1 Å². The summed E-state index contributed by atoms with van der Waals surface area (Å²) >= 11 is 0. The highest BCUT2D eigenvalue weighted by molar-refractivity contribution is 5.84. The van der Waals surface area contributed by atoms with Gasteiger partial charge in [0.2, 0.25) is 0 Å². The van der Waals surface area contributed by atoms with Gasteiger partial charge < -0.3 is 19.6 Å². The number of methoxy groups -OCH3 is 1. The first-order chi connectivity index (χ1) is 13.3. The van der Waals surface area contributed by atoms with Crippen LogP contribution < -0.4 is 0 Å². The van der Waals surface area contributed by atoms with Crippen molar-refractivity contribution >= 4 is 23.0 Å². The Hall–Kier alpha value is -2.80. The predicted molar refractivity (Wildman–Crippen MR) is 107 cm³/mol. The normalized spacial score (nSPS) is 12.9. The van der Waals surface area contributed by atoms with Crippen molar-refractivity contribution in [1.82, 2.24) is 9.88 Å². The van der Waals surface area contributed by atoms with Crippen LogP contribution in [0.15, 0.2) is 42.6 Å². The van der Waals surface area contributed by atoms with Gasteiger partial charge in [-0.15, -0.1) is 0 Å². The van der Waals surface area contributed by atoms with Gasteiger partial charge in [0.15, 0.2) is 0 Å². The van der Waals surface area contributed by atoms with E-state index in [-0.39, 0.29) is 13.2 Å². The fraction of sp³-hybridized carbons (Fsp3) is 0.429. The highest BCUT2D eigenvalue weighted by Gasteiger charge is 2.30. The van der Waals surface area contributed by atoms with Crippen molar-refractivity contribution in [1.29, 1.82) is 0 Å². The summed E-state index contributed by atoms with van der Waals surface area (Å²) in [6.07, 6.45) is 4.66. The maximum Gasteiger partial charge on any atom is 0.410 e. The van der Waals surface area contributed by atoms with E-state index >= 15 is 0 Å². The third-order valence-electron chi connectivity index (χ3n) is 4.14. The number of carbonyl (C=O) groups is 2. The largest absolute Gasteiger partial charge is 0.466 e. The quantitative estimate of drug-likeness (QED) is 0.559. The summed E-state index contributed by atoms with van der Waals surface area (Å²) in [5, 5.41) is 10.5. The number of benzene rings is 1. The molecule has 0 fully saturated rings. The molecular weight excluding hydrogens is 360 g/mol. The second-order valence-corrected chi connectivity index (χ2v) is 7.36. The van der Waals surface area contributed by atoms with Crippen LogP contribution in [0.5, 0.6) is 0 Å². The van der Waals surface area contributed by atoms with Crippen LogP contribution in [0.3, 0.4) is 0 Å². The highest BCUT2D eigenvalue weighted by Crippen LogP contribution is 2.32. The molecule has 2 aromatic rings. The van der Waals surface area contributed by atoms with Gasteiger partial charge in [0.1, 0.15) is 5.60 Å². The van der Waals surface area contributed by atoms with Crippen molar-refractivity contribution in [3.05, 3.63) is 48.2 Å². The first-order valence-corrected chi connectivity index (χ1v) is 9.18. The number of aromatic nitrogens is 1. The molecule has 2 N–H and O–H groups in total. The van der Waals surface area contributed by atoms with Gasteiger partial charge in [0.05, 0.1) is 19.8 Å². The summed E-state index contributed by atoms with van der Waals surface area (Å²) in [5.41, 5.74) is 1.15. The van der Waals surface area contributed by atoms with Crippen LogP contribution in [0.1, 0.15) is 38.8 Å². The molecular formula is C21H28N2O5. The molecule has 1 amide bonds. The Labute approximate surface area is 164 Å². The second kappa shape index (κ2) is 9.41. The average molecular weight is 388 g/mol. The monoisotopic (exact) mass is 388 g/mol. The summed E-state index contributed by atoms with van der Waals surface area (Å²) in [5.74, 6) is -0.469. The van der Waals surface area contributed by atoms with Crippen molar-refractivity contribution < 1.29 is 24.2 Å². The van der Waals surface area contributed by atoms with E-state index in [4.69, 9.17) is 4.74 Å². The molecule has 0 saturated heterocycles. The van der Waals surface area contributed by atoms with Gasteiger partial charge in [-0.1, -0.05) is 24.3 Å². The number of hydrogen-bond donors (Lipinski definition) is 2. The molecule has 0 bridgehead atoms. The van der Waals surface area contributed by atoms with Crippen molar-refractivity contribution in [2.24, 2.45) is 0 Å². The molecule has 1 aromatic heterocycles. The average Bonchev–Trinajstić information content (AvgIpc) is 3.06. The molecule has 0 unspecified atom stereocenters. The Morgan fingerprint density at radius 1 is 1.29 bits per heavy atom. The van der Waals surface area contributed by atoms with Crippen molar-refractivity contribution in [3.63, 3.8) is 0 Å². The van der Waals surface area contributed by atoms with E-state index < -0.39 is 23.7 Å². The number of aliphatic hydroxyl groups is 1. The van der Waals surface area contributed by atoms with E-state index in [1.807, 2.05) is 30.5 Å². The standard InChI is InChI=1S/C21H28N2O5/c1-21(2,3)28-20(26)23(12-13-24)18(10-7-11-19(25)27-4)16-14-22-17-9-6-5-8-15(16)17/h5-9,11,14,18,22,24H,10,12-13H2,1-4H3/b11-7+/t18-/m0/s1. The Bertz CT molecular complexity index is 835. The van der Waals surface area contributed by atoms with E-state index in [0.29, 0.717) is 6.42 Å². The minimum Gasteiger partial charge on any atom is -0.466 e. The van der Waals surface area contributed by atoms with Crippen LogP contribution in [0.2, 0.25) is 0 Å². The van der Waals surface area contributed by atoms with E-state index in [0.717, 1.165) is 16.5 Å². The third kappa shape index (κ3) is 5.60. The highest BCUT2D eigenvalue weighted by atomic mass is 16.6. The topological polar surface area (TPSA) is 91.9 Å². The Morgan fingerprint density at radius 2 is 2.00 bits per heavy atom. The molecule has 2 rings (SSSR count). The van der Waals surface area contributed by atoms with Gasteiger partial charge in [-0.3, -0.25) is 4.90 Å². The van der Waals surface area contributed by atoms with E-state index in [9.17, 15) is 14.7 Å². The number of amides is 1. The zero-order valence-electron chi connectivity index (χ0n) is 16.8. The summed E-state index contributed by atoms with van der Waals surface area (Å²) in [6, 6.07) is 7.33. The Balaban J connectivity index is 2.43. The van der Waals surface area contributed by atoms with Gasteiger partial charge in [-0.2, -0.15) is 0 Å². The SMILES string of the molecule is COC(=O)/C=C/C[C@@H](c1c[nH]c2ccccc12)N(CCO)C(=O)OC(C)(C)C. The zero-order chi connectivity index (χ0) is 20.7. The third-order valence-corrected chi connectivity index (χ3v) is 4.14. The molecule has 28 heavy (non-hydrogen) atoms. The number of H-pyrrole nitrogens is 1. The lowest BCUT2D eigenvalue weighted by Gasteiger charge is -2.33. The number of fused-ring (bicyclic) bond motifs is 1. The van der Waals surface area contributed by atoms with Crippen molar-refractivity contribution in [3.8, 4) is 0 Å². The number of rotatable bonds is 7. The fourth-order valence-corrected chi connectivity index (χ4v) is 2.96. The van der Waals surface area contributed by atoms with Crippen LogP contribution >= 0.6 is 0 Å². The van der Waals surface area contributed by atoms with Crippen LogP contribution in [0.4, 0.5) is 4.79 Å². The summed E-state index contributed by atoms with van der Waals surface area (Å²) in [7, 11) is 1.31. The molecule has 1 aromatic carbocycles. The Morgan fingerprint density at radius 3 is 2.64 bits per heavy atom. The van der Waals surface area contributed by atoms with Crippen LogP contribution in [-0.2, 0) is 14.3 Å². The molecule has 0 aliphatic rings. The smallest absolute Gasteiger partial charge is 0.410 e. The molecule has 1 heterocycles. The zero-order valence-corrected chi connectivity index (χ0v) is 16.8. The number of nitrogens with one attached hydrogen (secondary N) is 1. The summed E-state index contributed by atoms with van der Waals surface area (Å²) in [6.45, 7) is 5.27. The number of ether oxygens (including phenoxy) is 2. The van der Waals surface area contributed by atoms with Gasteiger partial charge in [0, 0.05) is 35.3 Å². The van der Waals surface area contributed by atoms with Crippen LogP contribution in [0, 0.1) is 0 Å². The molecule has 0 aliphatic carbocycles. The van der Waals surface area contributed by atoms with Crippen LogP contribution in [0.25, 0.3) is 10.9 Å². The fourth-order valence-electron chi connectivity index (χ4n) is 2.96. The molecule has 7 heteroatoms. The first-order valence-electron chi connectivity index (χ1n) is 9.18. The number of para-hydroxylation sites is 1. The lowest BCUT2D eigenvalue weighted by Crippen LogP contribution is -2.40. The lowest BCUT2D eigenvalue weighted by atomic mass is 10.0. The molecule has 0 aliphatic heterocycles. The number of aliphatic hydroxyl groups excluding tert-OH is 1. The lowest BCUT2D eigenvalue weighted by molar-refractivity contribution is -0.134. The van der Waals surface area contributed by atoms with Gasteiger partial charge in [0.25, 0.3) is 0 Å².